The van der Waals surface area contributed by atoms with Crippen LogP contribution in [0, 0.1) is 0 Å². The first-order chi connectivity index (χ1) is 13.2. The molecule has 0 radical (unpaired) electrons. The van der Waals surface area contributed by atoms with E-state index < -0.39 is 5.97 Å². The number of esters is 1. The summed E-state index contributed by atoms with van der Waals surface area (Å²) in [6.45, 7) is 0. The highest BCUT2D eigenvalue weighted by atomic mass is 16.5. The number of hydrogen-bond acceptors (Lipinski definition) is 3. The van der Waals surface area contributed by atoms with Crippen molar-refractivity contribution in [3.05, 3.63) is 95.7 Å². The van der Waals surface area contributed by atoms with Gasteiger partial charge < -0.3 is 14.4 Å². The van der Waals surface area contributed by atoms with Crippen LogP contribution in [0.5, 0.6) is 5.75 Å². The molecule has 0 atom stereocenters. The van der Waals surface area contributed by atoms with Crippen LogP contribution >= 0.6 is 0 Å². The summed E-state index contributed by atoms with van der Waals surface area (Å²) in [5.74, 6) is -0.296. The summed E-state index contributed by atoms with van der Waals surface area (Å²) < 4.78 is 7.14. The highest BCUT2D eigenvalue weighted by molar-refractivity contribution is 6.07. The molecule has 0 bridgehead atoms. The van der Waals surface area contributed by atoms with E-state index in [9.17, 15) is 9.90 Å². The molecule has 4 rings (SSSR count). The van der Waals surface area contributed by atoms with Crippen molar-refractivity contribution in [3.8, 4) is 11.4 Å². The minimum absolute atomic E-state index is 0.115. The first kappa shape index (κ1) is 16.9. The number of carbonyl (C=O) groups is 1. The molecular formula is C23H19NO3. The number of phenolic OH excluding ortho intramolecular Hbond substituents is 1. The molecule has 0 spiro atoms. The third kappa shape index (κ3) is 3.06. The van der Waals surface area contributed by atoms with Crippen molar-refractivity contribution in [2.75, 3.05) is 7.11 Å². The van der Waals surface area contributed by atoms with Gasteiger partial charge in [-0.2, -0.15) is 0 Å². The topological polar surface area (TPSA) is 51.5 Å². The molecule has 0 aliphatic rings. The summed E-state index contributed by atoms with van der Waals surface area (Å²) in [4.78, 5) is 12.7. The van der Waals surface area contributed by atoms with Crippen molar-refractivity contribution in [3.63, 3.8) is 0 Å². The highest BCUT2D eigenvalue weighted by Crippen LogP contribution is 2.33. The maximum atomic E-state index is 12.7. The Bertz CT molecular complexity index is 1100. The summed E-state index contributed by atoms with van der Waals surface area (Å²) in [6.07, 6.45) is 0.565. The van der Waals surface area contributed by atoms with Gasteiger partial charge in [0.25, 0.3) is 0 Å². The van der Waals surface area contributed by atoms with Gasteiger partial charge in [-0.1, -0.05) is 48.5 Å². The lowest BCUT2D eigenvalue weighted by molar-refractivity contribution is 0.0602. The van der Waals surface area contributed by atoms with Gasteiger partial charge >= 0.3 is 5.97 Å². The number of rotatable bonds is 4. The largest absolute Gasteiger partial charge is 0.508 e. The number of nitrogens with zero attached hydrogens (tertiary/aromatic N) is 1. The molecule has 4 nitrogen and oxygen atoms in total. The molecular weight excluding hydrogens is 338 g/mol. The van der Waals surface area contributed by atoms with E-state index in [-0.39, 0.29) is 5.75 Å². The molecule has 1 heterocycles. The molecule has 0 aliphatic heterocycles. The molecule has 0 amide bonds. The number of methoxy groups -OCH3 is 1. The van der Waals surface area contributed by atoms with E-state index in [2.05, 4.69) is 4.57 Å². The van der Waals surface area contributed by atoms with Gasteiger partial charge in [-0.25, -0.2) is 4.79 Å². The van der Waals surface area contributed by atoms with E-state index in [1.165, 1.54) is 7.11 Å². The Morgan fingerprint density at radius 2 is 1.63 bits per heavy atom. The monoisotopic (exact) mass is 357 g/mol. The molecule has 4 heteroatoms. The number of fused-ring (bicyclic) bond motifs is 1. The number of para-hydroxylation sites is 1. The van der Waals surface area contributed by atoms with Crippen molar-refractivity contribution in [1.29, 1.82) is 0 Å². The number of aromatic nitrogens is 1. The lowest BCUT2D eigenvalue weighted by atomic mass is 10.0. The van der Waals surface area contributed by atoms with Gasteiger partial charge in [-0.05, 0) is 35.9 Å². The first-order valence-electron chi connectivity index (χ1n) is 8.73. The molecule has 0 saturated heterocycles. The van der Waals surface area contributed by atoms with E-state index in [0.717, 1.165) is 22.5 Å². The Kier molecular flexibility index (Phi) is 4.38. The normalized spacial score (nSPS) is 10.9. The van der Waals surface area contributed by atoms with Crippen LogP contribution in [0.4, 0.5) is 0 Å². The fourth-order valence-electron chi connectivity index (χ4n) is 3.49. The molecule has 27 heavy (non-hydrogen) atoms. The second-order valence-corrected chi connectivity index (χ2v) is 6.35. The Morgan fingerprint density at radius 3 is 2.30 bits per heavy atom. The molecule has 0 unspecified atom stereocenters. The highest BCUT2D eigenvalue weighted by Gasteiger charge is 2.24. The third-order valence-corrected chi connectivity index (χ3v) is 4.67. The van der Waals surface area contributed by atoms with Crippen LogP contribution in [0.1, 0.15) is 21.6 Å². The molecule has 0 fully saturated rings. The number of aromatic hydroxyl groups is 1. The number of hydrogen-bond donors (Lipinski definition) is 1. The van der Waals surface area contributed by atoms with Crippen LogP contribution in [0.15, 0.2) is 78.9 Å². The Morgan fingerprint density at radius 1 is 0.963 bits per heavy atom. The van der Waals surface area contributed by atoms with E-state index in [1.807, 2.05) is 66.7 Å². The Labute approximate surface area is 157 Å². The summed E-state index contributed by atoms with van der Waals surface area (Å²) in [7, 11) is 1.38. The fourth-order valence-corrected chi connectivity index (χ4v) is 3.49. The van der Waals surface area contributed by atoms with Crippen LogP contribution in [-0.2, 0) is 11.2 Å². The van der Waals surface area contributed by atoms with Gasteiger partial charge in [0.1, 0.15) is 5.75 Å². The van der Waals surface area contributed by atoms with Crippen LogP contribution < -0.4 is 0 Å². The maximum absolute atomic E-state index is 12.7. The lowest BCUT2D eigenvalue weighted by Gasteiger charge is -2.12. The maximum Gasteiger partial charge on any atom is 0.340 e. The molecule has 0 saturated carbocycles. The predicted molar refractivity (Wildman–Crippen MR) is 106 cm³/mol. The zero-order chi connectivity index (χ0) is 18.8. The van der Waals surface area contributed by atoms with E-state index in [1.54, 1.807) is 12.1 Å². The van der Waals surface area contributed by atoms with Crippen molar-refractivity contribution < 1.29 is 14.6 Å². The first-order valence-corrected chi connectivity index (χ1v) is 8.73. The second-order valence-electron chi connectivity index (χ2n) is 6.35. The zero-order valence-corrected chi connectivity index (χ0v) is 14.9. The van der Waals surface area contributed by atoms with E-state index >= 15 is 0 Å². The van der Waals surface area contributed by atoms with Crippen molar-refractivity contribution in [1.82, 2.24) is 4.57 Å². The smallest absolute Gasteiger partial charge is 0.340 e. The van der Waals surface area contributed by atoms with E-state index in [4.69, 9.17) is 4.74 Å². The molecule has 3 aromatic carbocycles. The standard InChI is InChI=1S/C23H19NO3/c1-27-23(26)22-19-15-18(25)12-13-20(19)24(17-10-6-3-7-11-17)21(22)14-16-8-4-2-5-9-16/h2-13,15,25H,14H2,1H3. The molecule has 1 aromatic heterocycles. The van der Waals surface area contributed by atoms with Crippen LogP contribution in [0.2, 0.25) is 0 Å². The SMILES string of the molecule is COC(=O)c1c(Cc2ccccc2)n(-c2ccccc2)c2ccc(O)cc12. The number of carbonyl (C=O) groups excluding carboxylic acids is 1. The van der Waals surface area contributed by atoms with Gasteiger partial charge in [-0.15, -0.1) is 0 Å². The van der Waals surface area contributed by atoms with Gasteiger partial charge in [0.2, 0.25) is 0 Å². The minimum atomic E-state index is -0.411. The molecule has 134 valence electrons. The quantitative estimate of drug-likeness (QED) is 0.538. The Balaban J connectivity index is 2.06. The predicted octanol–water partition coefficient (Wildman–Crippen LogP) is 4.71. The lowest BCUT2D eigenvalue weighted by Crippen LogP contribution is -2.08. The number of benzene rings is 3. The fraction of sp³-hybridized carbons (Fsp3) is 0.0870. The summed E-state index contributed by atoms with van der Waals surface area (Å²) >= 11 is 0. The average Bonchev–Trinajstić information content (AvgIpc) is 3.01. The van der Waals surface area contributed by atoms with Crippen LogP contribution in [0.3, 0.4) is 0 Å². The zero-order valence-electron chi connectivity index (χ0n) is 14.9. The molecule has 4 aromatic rings. The average molecular weight is 357 g/mol. The number of phenols is 1. The molecule has 1 N–H and O–H groups in total. The summed E-state index contributed by atoms with van der Waals surface area (Å²) in [6, 6.07) is 25.0. The van der Waals surface area contributed by atoms with Gasteiger partial charge in [0.05, 0.1) is 18.2 Å². The van der Waals surface area contributed by atoms with Crippen molar-refractivity contribution in [2.45, 2.75) is 6.42 Å². The third-order valence-electron chi connectivity index (χ3n) is 4.67. The number of ether oxygens (including phenoxy) is 1. The van der Waals surface area contributed by atoms with Gasteiger partial charge in [-0.3, -0.25) is 0 Å². The van der Waals surface area contributed by atoms with Crippen molar-refractivity contribution in [2.24, 2.45) is 0 Å². The van der Waals surface area contributed by atoms with Crippen molar-refractivity contribution >= 4 is 16.9 Å². The minimum Gasteiger partial charge on any atom is -0.508 e. The van der Waals surface area contributed by atoms with Gasteiger partial charge in [0, 0.05) is 23.2 Å². The second kappa shape index (κ2) is 7.00. The van der Waals surface area contributed by atoms with Crippen LogP contribution in [-0.4, -0.2) is 22.8 Å². The summed E-state index contributed by atoms with van der Waals surface area (Å²) in [5.41, 5.74) is 4.21. The van der Waals surface area contributed by atoms with Gasteiger partial charge in [0.15, 0.2) is 0 Å². The van der Waals surface area contributed by atoms with E-state index in [0.29, 0.717) is 17.4 Å². The summed E-state index contributed by atoms with van der Waals surface area (Å²) in [5, 5.41) is 10.7. The Hall–Kier alpha value is -3.53. The molecule has 0 aliphatic carbocycles. The van der Waals surface area contributed by atoms with Crippen LogP contribution in [0.25, 0.3) is 16.6 Å².